The number of hydrogen-bond donors (Lipinski definition) is 0. The Hall–Kier alpha value is -2.34. The molecule has 0 N–H and O–H groups in total. The number of piperidine rings is 1. The smallest absolute Gasteiger partial charge is 0.226 e. The summed E-state index contributed by atoms with van der Waals surface area (Å²) in [5.74, 6) is 3.40. The third-order valence-electron chi connectivity index (χ3n) is 6.26. The average molecular weight is 398 g/mol. The van der Waals surface area contributed by atoms with Crippen LogP contribution in [0.5, 0.6) is 5.75 Å². The van der Waals surface area contributed by atoms with Crippen LogP contribution in [0, 0.1) is 19.8 Å². The highest BCUT2D eigenvalue weighted by molar-refractivity contribution is 5.78. The summed E-state index contributed by atoms with van der Waals surface area (Å²) in [6, 6.07) is 6.00. The van der Waals surface area contributed by atoms with Crippen LogP contribution in [-0.4, -0.2) is 54.0 Å². The molecule has 0 bridgehead atoms. The SMILES string of the molecule is COc1ccc(-c2nc(CN3CCC(CN4CCCC4=O)CC3)c(C)o2)cc1C. The molecular weight excluding hydrogens is 366 g/mol. The molecule has 0 saturated carbocycles. The largest absolute Gasteiger partial charge is 0.496 e. The van der Waals surface area contributed by atoms with Crippen molar-refractivity contribution in [3.63, 3.8) is 0 Å². The summed E-state index contributed by atoms with van der Waals surface area (Å²) < 4.78 is 11.3. The first-order chi connectivity index (χ1) is 14.0. The van der Waals surface area contributed by atoms with E-state index < -0.39 is 0 Å². The lowest BCUT2D eigenvalue weighted by Crippen LogP contribution is -2.39. The van der Waals surface area contributed by atoms with Gasteiger partial charge in [0.1, 0.15) is 11.5 Å². The Morgan fingerprint density at radius 3 is 2.66 bits per heavy atom. The van der Waals surface area contributed by atoms with E-state index in [0.717, 1.165) is 86.7 Å². The van der Waals surface area contributed by atoms with Gasteiger partial charge in [0.2, 0.25) is 11.8 Å². The first-order valence-corrected chi connectivity index (χ1v) is 10.6. The van der Waals surface area contributed by atoms with Gasteiger partial charge in [-0.25, -0.2) is 4.98 Å². The summed E-state index contributed by atoms with van der Waals surface area (Å²) >= 11 is 0. The van der Waals surface area contributed by atoms with Crippen molar-refractivity contribution in [2.45, 2.75) is 46.1 Å². The van der Waals surface area contributed by atoms with Crippen molar-refractivity contribution in [3.8, 4) is 17.2 Å². The predicted octanol–water partition coefficient (Wildman–Crippen LogP) is 3.80. The van der Waals surface area contributed by atoms with Gasteiger partial charge in [0.05, 0.1) is 12.8 Å². The van der Waals surface area contributed by atoms with Crippen molar-refractivity contribution >= 4 is 5.91 Å². The maximum absolute atomic E-state index is 11.9. The van der Waals surface area contributed by atoms with Crippen LogP contribution in [0.4, 0.5) is 0 Å². The van der Waals surface area contributed by atoms with Gasteiger partial charge < -0.3 is 14.1 Å². The van der Waals surface area contributed by atoms with Crippen LogP contribution in [0.15, 0.2) is 22.6 Å². The molecule has 2 fully saturated rings. The van der Waals surface area contributed by atoms with Gasteiger partial charge >= 0.3 is 0 Å². The Balaban J connectivity index is 1.35. The number of carbonyl (C=O) groups is 1. The number of likely N-dealkylation sites (tertiary alicyclic amines) is 2. The Morgan fingerprint density at radius 1 is 1.21 bits per heavy atom. The maximum Gasteiger partial charge on any atom is 0.226 e. The third kappa shape index (κ3) is 4.47. The van der Waals surface area contributed by atoms with Gasteiger partial charge in [0.25, 0.3) is 0 Å². The third-order valence-corrected chi connectivity index (χ3v) is 6.26. The summed E-state index contributed by atoms with van der Waals surface area (Å²) in [6.07, 6.45) is 4.05. The van der Waals surface area contributed by atoms with Crippen LogP contribution >= 0.6 is 0 Å². The second-order valence-corrected chi connectivity index (χ2v) is 8.37. The molecule has 1 aromatic carbocycles. The highest BCUT2D eigenvalue weighted by Crippen LogP contribution is 2.28. The van der Waals surface area contributed by atoms with Crippen LogP contribution in [0.3, 0.4) is 0 Å². The minimum Gasteiger partial charge on any atom is -0.496 e. The minimum atomic E-state index is 0.340. The predicted molar refractivity (Wildman–Crippen MR) is 112 cm³/mol. The average Bonchev–Trinajstić information content (AvgIpc) is 3.29. The van der Waals surface area contributed by atoms with E-state index in [2.05, 4.69) is 15.9 Å². The van der Waals surface area contributed by atoms with E-state index in [-0.39, 0.29) is 0 Å². The molecule has 4 rings (SSSR count). The second kappa shape index (κ2) is 8.57. The molecule has 2 aliphatic heterocycles. The van der Waals surface area contributed by atoms with Gasteiger partial charge in [-0.15, -0.1) is 0 Å². The number of aryl methyl sites for hydroxylation is 2. The van der Waals surface area contributed by atoms with Crippen molar-refractivity contribution < 1.29 is 13.9 Å². The van der Waals surface area contributed by atoms with Gasteiger partial charge in [-0.1, -0.05) is 0 Å². The fourth-order valence-electron chi connectivity index (χ4n) is 4.46. The summed E-state index contributed by atoms with van der Waals surface area (Å²) in [5, 5.41) is 0. The molecule has 1 aromatic heterocycles. The molecule has 2 aromatic rings. The molecule has 0 radical (unpaired) electrons. The zero-order valence-corrected chi connectivity index (χ0v) is 17.7. The van der Waals surface area contributed by atoms with Crippen molar-refractivity contribution in [2.24, 2.45) is 5.92 Å². The van der Waals surface area contributed by atoms with Gasteiger partial charge in [0, 0.05) is 31.6 Å². The van der Waals surface area contributed by atoms with Gasteiger partial charge in [-0.05, 0) is 75.9 Å². The first kappa shape index (κ1) is 20.0. The highest BCUT2D eigenvalue weighted by atomic mass is 16.5. The molecule has 2 saturated heterocycles. The van der Waals surface area contributed by atoms with Crippen molar-refractivity contribution in [3.05, 3.63) is 35.2 Å². The number of oxazole rings is 1. The van der Waals surface area contributed by atoms with E-state index in [1.54, 1.807) is 7.11 Å². The molecule has 6 nitrogen and oxygen atoms in total. The van der Waals surface area contributed by atoms with Crippen LogP contribution in [0.25, 0.3) is 11.5 Å². The minimum absolute atomic E-state index is 0.340. The maximum atomic E-state index is 11.9. The van der Waals surface area contributed by atoms with Crippen LogP contribution in [0.1, 0.15) is 42.7 Å². The number of benzene rings is 1. The standard InChI is InChI=1S/C23H31N3O3/c1-16-13-19(6-7-21(16)28-3)23-24-20(17(2)29-23)15-25-11-8-18(9-12-25)14-26-10-4-5-22(26)27/h6-7,13,18H,4-5,8-12,14-15H2,1-3H3. The molecule has 0 spiro atoms. The molecule has 3 heterocycles. The van der Waals surface area contributed by atoms with E-state index in [0.29, 0.717) is 17.7 Å². The van der Waals surface area contributed by atoms with Gasteiger partial charge in [-0.2, -0.15) is 0 Å². The molecule has 156 valence electrons. The Kier molecular flexibility index (Phi) is 5.90. The van der Waals surface area contributed by atoms with E-state index >= 15 is 0 Å². The zero-order valence-electron chi connectivity index (χ0n) is 17.7. The van der Waals surface area contributed by atoms with E-state index in [1.165, 1.54) is 0 Å². The highest BCUT2D eigenvalue weighted by Gasteiger charge is 2.27. The number of aromatic nitrogens is 1. The molecule has 1 amide bonds. The number of methoxy groups -OCH3 is 1. The Bertz CT molecular complexity index is 868. The lowest BCUT2D eigenvalue weighted by molar-refractivity contribution is -0.128. The Labute approximate surface area is 172 Å². The molecule has 6 heteroatoms. The number of hydrogen-bond acceptors (Lipinski definition) is 5. The van der Waals surface area contributed by atoms with Crippen molar-refractivity contribution in [2.75, 3.05) is 33.3 Å². The van der Waals surface area contributed by atoms with E-state index in [9.17, 15) is 4.79 Å². The molecule has 0 aliphatic carbocycles. The van der Waals surface area contributed by atoms with E-state index in [4.69, 9.17) is 14.1 Å². The lowest BCUT2D eigenvalue weighted by Gasteiger charge is -2.33. The topological polar surface area (TPSA) is 58.8 Å². The number of rotatable bonds is 6. The lowest BCUT2D eigenvalue weighted by atomic mass is 9.96. The van der Waals surface area contributed by atoms with Gasteiger partial charge in [0.15, 0.2) is 0 Å². The number of carbonyl (C=O) groups excluding carboxylic acids is 1. The fraction of sp³-hybridized carbons (Fsp3) is 0.565. The van der Waals surface area contributed by atoms with Crippen LogP contribution < -0.4 is 4.74 Å². The molecule has 2 aliphatic rings. The quantitative estimate of drug-likeness (QED) is 0.742. The second-order valence-electron chi connectivity index (χ2n) is 8.37. The monoisotopic (exact) mass is 397 g/mol. The molecule has 29 heavy (non-hydrogen) atoms. The van der Waals surface area contributed by atoms with Crippen LogP contribution in [0.2, 0.25) is 0 Å². The number of nitrogens with zero attached hydrogens (tertiary/aromatic N) is 3. The molecule has 0 atom stereocenters. The number of ether oxygens (including phenoxy) is 1. The first-order valence-electron chi connectivity index (χ1n) is 10.6. The Morgan fingerprint density at radius 2 is 2.00 bits per heavy atom. The van der Waals surface area contributed by atoms with E-state index in [1.807, 2.05) is 26.0 Å². The molecular formula is C23H31N3O3. The summed E-state index contributed by atoms with van der Waals surface area (Å²) in [6.45, 7) is 8.83. The normalized spacial score (nSPS) is 18.6. The zero-order chi connectivity index (χ0) is 20.4. The van der Waals surface area contributed by atoms with Crippen molar-refractivity contribution in [1.29, 1.82) is 0 Å². The summed E-state index contributed by atoms with van der Waals surface area (Å²) in [4.78, 5) is 21.2. The summed E-state index contributed by atoms with van der Waals surface area (Å²) in [5.41, 5.74) is 3.06. The fourth-order valence-corrected chi connectivity index (χ4v) is 4.46. The van der Waals surface area contributed by atoms with Crippen molar-refractivity contribution in [1.82, 2.24) is 14.8 Å². The number of amides is 1. The summed E-state index contributed by atoms with van der Waals surface area (Å²) in [7, 11) is 1.68. The molecule has 0 unspecified atom stereocenters. The van der Waals surface area contributed by atoms with Gasteiger partial charge in [-0.3, -0.25) is 9.69 Å². The van der Waals surface area contributed by atoms with Crippen LogP contribution in [-0.2, 0) is 11.3 Å².